The first-order valence-electron chi connectivity index (χ1n) is 8.93. The fourth-order valence-corrected chi connectivity index (χ4v) is 3.65. The molecule has 1 aliphatic carbocycles. The monoisotopic (exact) mass is 343 g/mol. The summed E-state index contributed by atoms with van der Waals surface area (Å²) in [6.45, 7) is 0.718. The molecule has 1 saturated heterocycles. The Morgan fingerprint density at radius 2 is 1.92 bits per heavy atom. The Morgan fingerprint density at radius 3 is 2.60 bits per heavy atom. The van der Waals surface area contributed by atoms with E-state index in [0.29, 0.717) is 18.8 Å². The second-order valence-electron chi connectivity index (χ2n) is 7.07. The zero-order valence-electron chi connectivity index (χ0n) is 14.0. The lowest BCUT2D eigenvalue weighted by atomic mass is 10.0. The van der Waals surface area contributed by atoms with E-state index in [-0.39, 0.29) is 24.3 Å². The minimum atomic E-state index is -0.601. The molecule has 2 unspecified atom stereocenters. The Labute approximate surface area is 146 Å². The fraction of sp³-hybridized carbons (Fsp3) is 0.450. The highest BCUT2D eigenvalue weighted by atomic mass is 19.1. The first-order chi connectivity index (χ1) is 12.1. The number of halogens is 1. The van der Waals surface area contributed by atoms with Crippen molar-refractivity contribution in [3.05, 3.63) is 47.9 Å². The number of aliphatic hydroxyl groups excluding tert-OH is 1. The molecule has 25 heavy (non-hydrogen) atoms. The van der Waals surface area contributed by atoms with Crippen LogP contribution >= 0.6 is 0 Å². The van der Waals surface area contributed by atoms with Crippen molar-refractivity contribution in [3.63, 3.8) is 0 Å². The van der Waals surface area contributed by atoms with E-state index in [1.54, 1.807) is 12.1 Å². The van der Waals surface area contributed by atoms with Gasteiger partial charge in [0.1, 0.15) is 11.9 Å². The maximum absolute atomic E-state index is 13.2. The lowest BCUT2D eigenvalue weighted by molar-refractivity contribution is -0.160. The number of carbonyl (C=O) groups excluding carboxylic acids is 1. The van der Waals surface area contributed by atoms with Crippen molar-refractivity contribution in [1.82, 2.24) is 4.57 Å². The zero-order valence-corrected chi connectivity index (χ0v) is 14.0. The third-order valence-electron chi connectivity index (χ3n) is 5.06. The molecule has 0 bridgehead atoms. The summed E-state index contributed by atoms with van der Waals surface area (Å²) in [7, 11) is 0. The lowest BCUT2D eigenvalue weighted by Crippen LogP contribution is -2.33. The van der Waals surface area contributed by atoms with Crippen LogP contribution in [0.4, 0.5) is 4.39 Å². The van der Waals surface area contributed by atoms with Crippen LogP contribution in [0.1, 0.15) is 43.7 Å². The van der Waals surface area contributed by atoms with Crippen LogP contribution < -0.4 is 0 Å². The number of nitrogens with zero attached hydrogens (tertiary/aromatic N) is 1. The molecule has 1 saturated carbocycles. The summed E-state index contributed by atoms with van der Waals surface area (Å²) >= 11 is 0. The summed E-state index contributed by atoms with van der Waals surface area (Å²) < 4.78 is 20.9. The van der Waals surface area contributed by atoms with Gasteiger partial charge in [-0.05, 0) is 60.7 Å². The topological polar surface area (TPSA) is 51.5 Å². The predicted molar refractivity (Wildman–Crippen MR) is 91.5 cm³/mol. The molecule has 4 rings (SSSR count). The Morgan fingerprint density at radius 1 is 1.16 bits per heavy atom. The highest BCUT2D eigenvalue weighted by molar-refractivity contribution is 5.71. The summed E-state index contributed by atoms with van der Waals surface area (Å²) in [6, 6.07) is 10.8. The Kier molecular flexibility index (Phi) is 4.34. The first kappa shape index (κ1) is 16.3. The van der Waals surface area contributed by atoms with Gasteiger partial charge in [0, 0.05) is 30.8 Å². The molecule has 1 aromatic carbocycles. The van der Waals surface area contributed by atoms with Crippen molar-refractivity contribution in [2.75, 3.05) is 0 Å². The van der Waals surface area contributed by atoms with Crippen molar-refractivity contribution in [1.29, 1.82) is 0 Å². The molecule has 0 spiro atoms. The van der Waals surface area contributed by atoms with Crippen LogP contribution in [0.15, 0.2) is 36.4 Å². The quantitative estimate of drug-likeness (QED) is 0.844. The van der Waals surface area contributed by atoms with E-state index in [2.05, 4.69) is 16.7 Å². The van der Waals surface area contributed by atoms with E-state index in [9.17, 15) is 14.3 Å². The number of hydrogen-bond acceptors (Lipinski definition) is 3. The van der Waals surface area contributed by atoms with Crippen LogP contribution in [-0.2, 0) is 16.1 Å². The molecule has 2 aromatic rings. The first-order valence-corrected chi connectivity index (χ1v) is 8.93. The molecule has 2 aliphatic rings. The van der Waals surface area contributed by atoms with E-state index in [1.807, 2.05) is 0 Å². The fourth-order valence-electron chi connectivity index (χ4n) is 3.65. The summed E-state index contributed by atoms with van der Waals surface area (Å²) in [5.74, 6) is 0.0264. The van der Waals surface area contributed by atoms with E-state index in [1.165, 1.54) is 30.7 Å². The second-order valence-corrected chi connectivity index (χ2v) is 7.07. The minimum Gasteiger partial charge on any atom is -0.462 e. The van der Waals surface area contributed by atoms with E-state index in [4.69, 9.17) is 4.74 Å². The minimum absolute atomic E-state index is 0.0914. The summed E-state index contributed by atoms with van der Waals surface area (Å²) in [5.41, 5.74) is 3.33. The maximum atomic E-state index is 13.2. The third-order valence-corrected chi connectivity index (χ3v) is 5.06. The molecule has 1 aromatic heterocycles. The van der Waals surface area contributed by atoms with Crippen LogP contribution in [0.3, 0.4) is 0 Å². The summed E-state index contributed by atoms with van der Waals surface area (Å²) in [4.78, 5) is 11.5. The maximum Gasteiger partial charge on any atom is 0.308 e. The van der Waals surface area contributed by atoms with E-state index in [0.717, 1.165) is 17.8 Å². The highest BCUT2D eigenvalue weighted by Crippen LogP contribution is 2.42. The van der Waals surface area contributed by atoms with Gasteiger partial charge in [0.05, 0.1) is 12.5 Å². The normalized spacial score (nSPS) is 23.5. The van der Waals surface area contributed by atoms with Crippen LogP contribution in [0.25, 0.3) is 11.3 Å². The molecule has 0 radical (unpaired) electrons. The van der Waals surface area contributed by atoms with Gasteiger partial charge < -0.3 is 14.4 Å². The van der Waals surface area contributed by atoms with Crippen LogP contribution in [-0.4, -0.2) is 27.9 Å². The number of benzene rings is 1. The van der Waals surface area contributed by atoms with E-state index >= 15 is 0 Å². The van der Waals surface area contributed by atoms with Gasteiger partial charge in [-0.25, -0.2) is 4.39 Å². The Balaban J connectivity index is 1.56. The Hall–Kier alpha value is -2.14. The molecule has 2 atom stereocenters. The average Bonchev–Trinajstić information content (AvgIpc) is 3.33. The standard InChI is InChI=1S/C20H22FNO3/c21-15-5-3-14(4-6-15)19-8-7-18(13-1-2-13)22(19)10-9-17-11-16(23)12-20(24)25-17/h3-8,13,16-17,23H,1-2,9-12H2. The van der Waals surface area contributed by atoms with Gasteiger partial charge in [-0.15, -0.1) is 0 Å². The number of esters is 1. The Bertz CT molecular complexity index is 764. The molecular weight excluding hydrogens is 321 g/mol. The van der Waals surface area contributed by atoms with Crippen LogP contribution in [0.5, 0.6) is 0 Å². The summed E-state index contributed by atoms with van der Waals surface area (Å²) in [5, 5.41) is 9.78. The summed E-state index contributed by atoms with van der Waals surface area (Å²) in [6.07, 6.45) is 2.81. The van der Waals surface area contributed by atoms with Crippen molar-refractivity contribution in [3.8, 4) is 11.3 Å². The van der Waals surface area contributed by atoms with E-state index < -0.39 is 6.10 Å². The van der Waals surface area contributed by atoms with Crippen molar-refractivity contribution in [2.45, 2.75) is 56.8 Å². The molecule has 4 nitrogen and oxygen atoms in total. The molecule has 1 aliphatic heterocycles. The van der Waals surface area contributed by atoms with Gasteiger partial charge in [0.2, 0.25) is 0 Å². The number of hydrogen-bond donors (Lipinski definition) is 1. The molecular formula is C20H22FNO3. The average molecular weight is 343 g/mol. The van der Waals surface area contributed by atoms with Gasteiger partial charge in [-0.1, -0.05) is 0 Å². The molecule has 1 N–H and O–H groups in total. The smallest absolute Gasteiger partial charge is 0.308 e. The molecule has 132 valence electrons. The van der Waals surface area contributed by atoms with Crippen LogP contribution in [0.2, 0.25) is 0 Å². The largest absolute Gasteiger partial charge is 0.462 e. The molecule has 2 heterocycles. The number of cyclic esters (lactones) is 1. The number of rotatable bonds is 5. The number of ether oxygens (including phenoxy) is 1. The molecule has 0 amide bonds. The molecule has 2 fully saturated rings. The van der Waals surface area contributed by atoms with Gasteiger partial charge in [-0.2, -0.15) is 0 Å². The van der Waals surface area contributed by atoms with Gasteiger partial charge in [-0.3, -0.25) is 4.79 Å². The van der Waals surface area contributed by atoms with Crippen LogP contribution in [0, 0.1) is 5.82 Å². The van der Waals surface area contributed by atoms with Gasteiger partial charge in [0.15, 0.2) is 0 Å². The highest BCUT2D eigenvalue weighted by Gasteiger charge is 2.30. The number of aliphatic hydroxyl groups is 1. The zero-order chi connectivity index (χ0) is 17.4. The number of aromatic nitrogens is 1. The van der Waals surface area contributed by atoms with Crippen molar-refractivity contribution < 1.29 is 19.0 Å². The third kappa shape index (κ3) is 3.61. The number of carbonyl (C=O) groups is 1. The second kappa shape index (κ2) is 6.64. The van der Waals surface area contributed by atoms with Gasteiger partial charge in [0.25, 0.3) is 0 Å². The van der Waals surface area contributed by atoms with Gasteiger partial charge >= 0.3 is 5.97 Å². The lowest BCUT2D eigenvalue weighted by Gasteiger charge is -2.26. The van der Waals surface area contributed by atoms with Crippen molar-refractivity contribution >= 4 is 5.97 Å². The molecule has 5 heteroatoms. The SMILES string of the molecule is O=C1CC(O)CC(CCn2c(-c3ccc(F)cc3)ccc2C2CC2)O1. The predicted octanol–water partition coefficient (Wildman–Crippen LogP) is 3.63. The van der Waals surface area contributed by atoms with Crippen molar-refractivity contribution in [2.24, 2.45) is 0 Å².